The van der Waals surface area contributed by atoms with E-state index in [0.717, 1.165) is 44.0 Å². The number of likely N-dealkylation sites (N-methyl/N-ethyl adjacent to an activating group) is 1. The van der Waals surface area contributed by atoms with Gasteiger partial charge in [0.2, 0.25) is 0 Å². The molecule has 0 unspecified atom stereocenters. The Labute approximate surface area is 126 Å². The second-order valence-electron chi connectivity index (χ2n) is 5.09. The summed E-state index contributed by atoms with van der Waals surface area (Å²) in [5, 5.41) is 11.9. The van der Waals surface area contributed by atoms with Crippen LogP contribution in [0.2, 0.25) is 0 Å². The van der Waals surface area contributed by atoms with Crippen molar-refractivity contribution in [1.29, 1.82) is 0 Å². The first-order chi connectivity index (χ1) is 10.3. The Balaban J connectivity index is 1.83. The Bertz CT molecular complexity index is 512. The van der Waals surface area contributed by atoms with Crippen LogP contribution >= 0.6 is 0 Å². The summed E-state index contributed by atoms with van der Waals surface area (Å²) in [5.41, 5.74) is 2.26. The van der Waals surface area contributed by atoms with Crippen LogP contribution in [-0.2, 0) is 13.0 Å². The van der Waals surface area contributed by atoms with Crippen LogP contribution in [0, 0.1) is 0 Å². The van der Waals surface area contributed by atoms with E-state index in [4.69, 9.17) is 0 Å². The van der Waals surface area contributed by atoms with Crippen LogP contribution in [0.3, 0.4) is 0 Å². The SMILES string of the molecule is CCCNCc1ccc(N(C)CCc2ccncc2)nn1. The summed E-state index contributed by atoms with van der Waals surface area (Å²) in [5.74, 6) is 0.906. The summed E-state index contributed by atoms with van der Waals surface area (Å²) in [6, 6.07) is 8.15. The Hall–Kier alpha value is -2.01. The summed E-state index contributed by atoms with van der Waals surface area (Å²) in [6.07, 6.45) is 5.75. The molecule has 0 spiro atoms. The largest absolute Gasteiger partial charge is 0.358 e. The van der Waals surface area contributed by atoms with Gasteiger partial charge in [0.1, 0.15) is 0 Å². The summed E-state index contributed by atoms with van der Waals surface area (Å²) < 4.78 is 0. The standard InChI is InChI=1S/C16H23N5/c1-3-9-18-13-15-4-5-16(20-19-15)21(2)12-8-14-6-10-17-11-7-14/h4-7,10-11,18H,3,8-9,12-13H2,1-2H3. The minimum Gasteiger partial charge on any atom is -0.358 e. The van der Waals surface area contributed by atoms with Crippen molar-refractivity contribution in [2.45, 2.75) is 26.3 Å². The molecule has 0 saturated carbocycles. The van der Waals surface area contributed by atoms with Gasteiger partial charge < -0.3 is 10.2 Å². The molecule has 0 aliphatic rings. The third kappa shape index (κ3) is 5.11. The smallest absolute Gasteiger partial charge is 0.150 e. The average molecular weight is 285 g/mol. The van der Waals surface area contributed by atoms with E-state index in [-0.39, 0.29) is 0 Å². The molecule has 2 aromatic heterocycles. The Morgan fingerprint density at radius 3 is 2.57 bits per heavy atom. The highest BCUT2D eigenvalue weighted by atomic mass is 15.2. The number of aromatic nitrogens is 3. The van der Waals surface area contributed by atoms with Crippen LogP contribution in [0.15, 0.2) is 36.7 Å². The summed E-state index contributed by atoms with van der Waals surface area (Å²) >= 11 is 0. The van der Waals surface area contributed by atoms with Gasteiger partial charge in [-0.25, -0.2) is 0 Å². The van der Waals surface area contributed by atoms with E-state index in [0.29, 0.717) is 0 Å². The van der Waals surface area contributed by atoms with Crippen molar-refractivity contribution in [3.8, 4) is 0 Å². The molecule has 2 rings (SSSR count). The predicted octanol–water partition coefficient (Wildman–Crippen LogP) is 2.05. The number of anilines is 1. The summed E-state index contributed by atoms with van der Waals surface area (Å²) in [7, 11) is 2.04. The molecule has 1 N–H and O–H groups in total. The van der Waals surface area contributed by atoms with Gasteiger partial charge >= 0.3 is 0 Å². The third-order valence-electron chi connectivity index (χ3n) is 3.31. The predicted molar refractivity (Wildman–Crippen MR) is 85.2 cm³/mol. The normalized spacial score (nSPS) is 10.6. The van der Waals surface area contributed by atoms with E-state index in [2.05, 4.69) is 32.3 Å². The Morgan fingerprint density at radius 1 is 1.10 bits per heavy atom. The van der Waals surface area contributed by atoms with Crippen LogP contribution in [0.4, 0.5) is 5.82 Å². The molecule has 0 aliphatic carbocycles. The molecule has 2 heterocycles. The monoisotopic (exact) mass is 285 g/mol. The lowest BCUT2D eigenvalue weighted by Gasteiger charge is -2.17. The van der Waals surface area contributed by atoms with Crippen LogP contribution in [0.25, 0.3) is 0 Å². The zero-order chi connectivity index (χ0) is 14.9. The number of pyridine rings is 1. The quantitative estimate of drug-likeness (QED) is 0.752. The number of nitrogens with zero attached hydrogens (tertiary/aromatic N) is 4. The first-order valence-corrected chi connectivity index (χ1v) is 7.43. The summed E-state index contributed by atoms with van der Waals surface area (Å²) in [4.78, 5) is 6.15. The van der Waals surface area contributed by atoms with Gasteiger partial charge in [-0.1, -0.05) is 6.92 Å². The maximum Gasteiger partial charge on any atom is 0.150 e. The molecule has 21 heavy (non-hydrogen) atoms. The molecule has 5 heteroatoms. The fraction of sp³-hybridized carbons (Fsp3) is 0.438. The van der Waals surface area contributed by atoms with Crippen LogP contribution in [0.1, 0.15) is 24.6 Å². The van der Waals surface area contributed by atoms with Gasteiger partial charge in [-0.05, 0) is 49.2 Å². The lowest BCUT2D eigenvalue weighted by atomic mass is 10.2. The molecule has 0 amide bonds. The second-order valence-corrected chi connectivity index (χ2v) is 5.09. The van der Waals surface area contributed by atoms with E-state index >= 15 is 0 Å². The van der Waals surface area contributed by atoms with E-state index < -0.39 is 0 Å². The highest BCUT2D eigenvalue weighted by molar-refractivity contribution is 5.36. The zero-order valence-corrected chi connectivity index (χ0v) is 12.8. The van der Waals surface area contributed by atoms with Crippen molar-refractivity contribution in [2.75, 3.05) is 25.0 Å². The van der Waals surface area contributed by atoms with Crippen LogP contribution < -0.4 is 10.2 Å². The first-order valence-electron chi connectivity index (χ1n) is 7.43. The van der Waals surface area contributed by atoms with Crippen LogP contribution in [-0.4, -0.2) is 35.3 Å². The number of hydrogen-bond donors (Lipinski definition) is 1. The fourth-order valence-corrected chi connectivity index (χ4v) is 2.00. The minimum atomic E-state index is 0.780. The maximum atomic E-state index is 4.29. The molecule has 0 atom stereocenters. The number of nitrogens with one attached hydrogen (secondary N) is 1. The van der Waals surface area contributed by atoms with Crippen molar-refractivity contribution in [1.82, 2.24) is 20.5 Å². The molecule has 0 radical (unpaired) electrons. The number of hydrogen-bond acceptors (Lipinski definition) is 5. The molecular weight excluding hydrogens is 262 g/mol. The molecule has 0 aliphatic heterocycles. The Kier molecular flexibility index (Phi) is 6.09. The molecule has 0 bridgehead atoms. The van der Waals surface area contributed by atoms with Gasteiger partial charge in [-0.2, -0.15) is 5.10 Å². The van der Waals surface area contributed by atoms with Gasteiger partial charge in [0.05, 0.1) is 5.69 Å². The van der Waals surface area contributed by atoms with E-state index in [1.807, 2.05) is 43.7 Å². The minimum absolute atomic E-state index is 0.780. The van der Waals surface area contributed by atoms with Crippen molar-refractivity contribution < 1.29 is 0 Å². The average Bonchev–Trinajstić information content (AvgIpc) is 2.54. The Morgan fingerprint density at radius 2 is 1.90 bits per heavy atom. The van der Waals surface area contributed by atoms with Crippen LogP contribution in [0.5, 0.6) is 0 Å². The second kappa shape index (κ2) is 8.32. The van der Waals surface area contributed by atoms with Crippen molar-refractivity contribution in [3.63, 3.8) is 0 Å². The molecule has 112 valence electrons. The van der Waals surface area contributed by atoms with E-state index in [9.17, 15) is 0 Å². The maximum absolute atomic E-state index is 4.29. The van der Waals surface area contributed by atoms with Gasteiger partial charge in [0, 0.05) is 32.5 Å². The first kappa shape index (κ1) is 15.4. The zero-order valence-electron chi connectivity index (χ0n) is 12.8. The molecular formula is C16H23N5. The lowest BCUT2D eigenvalue weighted by Crippen LogP contribution is -2.22. The van der Waals surface area contributed by atoms with E-state index in [1.165, 1.54) is 5.56 Å². The highest BCUT2D eigenvalue weighted by Gasteiger charge is 2.04. The van der Waals surface area contributed by atoms with Gasteiger partial charge in [0.25, 0.3) is 0 Å². The van der Waals surface area contributed by atoms with Crippen molar-refractivity contribution >= 4 is 5.82 Å². The lowest BCUT2D eigenvalue weighted by molar-refractivity contribution is 0.656. The van der Waals surface area contributed by atoms with Crippen molar-refractivity contribution in [2.24, 2.45) is 0 Å². The highest BCUT2D eigenvalue weighted by Crippen LogP contribution is 2.09. The molecule has 2 aromatic rings. The summed E-state index contributed by atoms with van der Waals surface area (Å²) in [6.45, 7) is 4.85. The molecule has 5 nitrogen and oxygen atoms in total. The number of rotatable bonds is 8. The third-order valence-corrected chi connectivity index (χ3v) is 3.31. The van der Waals surface area contributed by atoms with Gasteiger partial charge in [-0.15, -0.1) is 5.10 Å². The van der Waals surface area contributed by atoms with Gasteiger partial charge in [0.15, 0.2) is 5.82 Å². The van der Waals surface area contributed by atoms with Gasteiger partial charge in [-0.3, -0.25) is 4.98 Å². The molecule has 0 fully saturated rings. The molecule has 0 aromatic carbocycles. The molecule has 0 saturated heterocycles. The topological polar surface area (TPSA) is 53.9 Å². The van der Waals surface area contributed by atoms with E-state index in [1.54, 1.807) is 0 Å². The fourth-order valence-electron chi connectivity index (χ4n) is 2.00. The van der Waals surface area contributed by atoms with Crippen molar-refractivity contribution in [3.05, 3.63) is 47.9 Å².